The number of hydrogen-bond donors (Lipinski definition) is 1. The average Bonchev–Trinajstić information content (AvgIpc) is 2.61. The van der Waals surface area contributed by atoms with Crippen molar-refractivity contribution in [1.82, 2.24) is 10.2 Å². The molecule has 0 aromatic carbocycles. The third kappa shape index (κ3) is 3.93. The normalized spacial score (nSPS) is 33.9. The van der Waals surface area contributed by atoms with Crippen molar-refractivity contribution in [3.8, 4) is 0 Å². The summed E-state index contributed by atoms with van der Waals surface area (Å²) in [6.07, 6.45) is 4.75. The number of piperidine rings is 1. The fourth-order valence-electron chi connectivity index (χ4n) is 2.86. The molecule has 2 aliphatic rings. The molecule has 4 nitrogen and oxygen atoms in total. The maximum atomic E-state index is 11.3. The van der Waals surface area contributed by atoms with Gasteiger partial charge in [-0.25, -0.2) is 8.42 Å². The number of nitrogens with one attached hydrogen (secondary N) is 1. The highest BCUT2D eigenvalue weighted by Gasteiger charge is 2.27. The molecule has 2 atom stereocenters. The molecule has 2 aliphatic heterocycles. The first-order chi connectivity index (χ1) is 8.07. The van der Waals surface area contributed by atoms with Gasteiger partial charge in [-0.05, 0) is 32.7 Å². The molecule has 17 heavy (non-hydrogen) atoms. The molecule has 0 radical (unpaired) electrons. The zero-order valence-electron chi connectivity index (χ0n) is 10.7. The lowest BCUT2D eigenvalue weighted by Gasteiger charge is -2.33. The van der Waals surface area contributed by atoms with Gasteiger partial charge in [0.15, 0.2) is 9.84 Å². The fourth-order valence-corrected chi connectivity index (χ4v) is 4.57. The SMILES string of the molecule is CC1CCCCN1CCNC1CCS(=O)(=O)C1. The number of sulfone groups is 1. The molecule has 0 spiro atoms. The van der Waals surface area contributed by atoms with Crippen LogP contribution in [0.4, 0.5) is 0 Å². The lowest BCUT2D eigenvalue weighted by atomic mass is 10.0. The molecular formula is C12H24N2O2S. The molecule has 0 aromatic heterocycles. The summed E-state index contributed by atoms with van der Waals surface area (Å²) in [6.45, 7) is 5.47. The van der Waals surface area contributed by atoms with Gasteiger partial charge in [0.2, 0.25) is 0 Å². The van der Waals surface area contributed by atoms with Crippen LogP contribution < -0.4 is 5.32 Å². The standard InChI is InChI=1S/C12H24N2O2S/c1-11-4-2-3-7-14(11)8-6-13-12-5-9-17(15,16)10-12/h11-13H,2-10H2,1H3. The van der Waals surface area contributed by atoms with E-state index in [1.54, 1.807) is 0 Å². The van der Waals surface area contributed by atoms with Gasteiger partial charge in [0, 0.05) is 25.2 Å². The maximum Gasteiger partial charge on any atom is 0.151 e. The second-order valence-corrected chi connectivity index (χ2v) is 7.66. The molecule has 2 unspecified atom stereocenters. The number of rotatable bonds is 4. The maximum absolute atomic E-state index is 11.3. The third-order valence-electron chi connectivity index (χ3n) is 4.01. The Bertz CT molecular complexity index is 342. The number of hydrogen-bond acceptors (Lipinski definition) is 4. The van der Waals surface area contributed by atoms with Crippen molar-refractivity contribution >= 4 is 9.84 Å². The Morgan fingerprint density at radius 3 is 2.76 bits per heavy atom. The summed E-state index contributed by atoms with van der Waals surface area (Å²) in [5, 5.41) is 3.38. The number of nitrogens with zero attached hydrogens (tertiary/aromatic N) is 1. The summed E-state index contributed by atoms with van der Waals surface area (Å²) in [7, 11) is -2.74. The van der Waals surface area contributed by atoms with E-state index in [-0.39, 0.29) is 6.04 Å². The van der Waals surface area contributed by atoms with Gasteiger partial charge in [-0.15, -0.1) is 0 Å². The molecule has 0 amide bonds. The molecule has 0 aromatic rings. The van der Waals surface area contributed by atoms with Gasteiger partial charge >= 0.3 is 0 Å². The first kappa shape index (κ1) is 13.3. The van der Waals surface area contributed by atoms with Gasteiger partial charge in [0.25, 0.3) is 0 Å². The molecule has 2 rings (SSSR count). The second kappa shape index (κ2) is 5.67. The molecule has 5 heteroatoms. The Hall–Kier alpha value is -0.130. The van der Waals surface area contributed by atoms with Crippen molar-refractivity contribution in [2.24, 2.45) is 0 Å². The highest BCUT2D eigenvalue weighted by Crippen LogP contribution is 2.15. The first-order valence-corrected chi connectivity index (χ1v) is 8.57. The van der Waals surface area contributed by atoms with E-state index in [1.807, 2.05) is 0 Å². The molecule has 1 N–H and O–H groups in total. The summed E-state index contributed by atoms with van der Waals surface area (Å²) in [4.78, 5) is 2.51. The van der Waals surface area contributed by atoms with Crippen LogP contribution in [0.2, 0.25) is 0 Å². The van der Waals surface area contributed by atoms with Gasteiger partial charge in [0.1, 0.15) is 0 Å². The molecule has 100 valence electrons. The Kier molecular flexibility index (Phi) is 4.44. The van der Waals surface area contributed by atoms with E-state index in [0.29, 0.717) is 17.5 Å². The minimum absolute atomic E-state index is 0.195. The van der Waals surface area contributed by atoms with Crippen LogP contribution in [0, 0.1) is 0 Å². The Balaban J connectivity index is 1.66. The van der Waals surface area contributed by atoms with Crippen LogP contribution in [0.3, 0.4) is 0 Å². The minimum Gasteiger partial charge on any atom is -0.312 e. The van der Waals surface area contributed by atoms with Crippen molar-refractivity contribution in [2.45, 2.75) is 44.7 Å². The lowest BCUT2D eigenvalue weighted by molar-refractivity contribution is 0.160. The third-order valence-corrected chi connectivity index (χ3v) is 5.77. The van der Waals surface area contributed by atoms with E-state index in [9.17, 15) is 8.42 Å². The monoisotopic (exact) mass is 260 g/mol. The average molecular weight is 260 g/mol. The van der Waals surface area contributed by atoms with Crippen LogP contribution in [0.25, 0.3) is 0 Å². The molecule has 2 heterocycles. The van der Waals surface area contributed by atoms with Gasteiger partial charge in [-0.3, -0.25) is 4.90 Å². The van der Waals surface area contributed by atoms with Crippen LogP contribution in [0.5, 0.6) is 0 Å². The Labute approximate surface area is 105 Å². The van der Waals surface area contributed by atoms with Gasteiger partial charge in [-0.2, -0.15) is 0 Å². The summed E-state index contributed by atoms with van der Waals surface area (Å²) in [5.74, 6) is 0.702. The molecule has 0 bridgehead atoms. The molecule has 0 saturated carbocycles. The quantitative estimate of drug-likeness (QED) is 0.806. The van der Waals surface area contributed by atoms with E-state index < -0.39 is 9.84 Å². The predicted octanol–water partition coefficient (Wildman–Crippen LogP) is 0.638. The molecule has 0 aliphatic carbocycles. The lowest BCUT2D eigenvalue weighted by Crippen LogP contribution is -2.43. The van der Waals surface area contributed by atoms with Crippen molar-refractivity contribution in [3.63, 3.8) is 0 Å². The highest BCUT2D eigenvalue weighted by molar-refractivity contribution is 7.91. The van der Waals surface area contributed by atoms with E-state index >= 15 is 0 Å². The van der Waals surface area contributed by atoms with Gasteiger partial charge < -0.3 is 5.32 Å². The largest absolute Gasteiger partial charge is 0.312 e. The minimum atomic E-state index is -2.74. The highest BCUT2D eigenvalue weighted by atomic mass is 32.2. The number of likely N-dealkylation sites (tertiary alicyclic amines) is 1. The smallest absolute Gasteiger partial charge is 0.151 e. The van der Waals surface area contributed by atoms with Gasteiger partial charge in [-0.1, -0.05) is 6.42 Å². The summed E-state index contributed by atoms with van der Waals surface area (Å²) < 4.78 is 22.6. The Morgan fingerprint density at radius 2 is 2.12 bits per heavy atom. The molecule has 2 saturated heterocycles. The Morgan fingerprint density at radius 1 is 1.29 bits per heavy atom. The zero-order valence-corrected chi connectivity index (χ0v) is 11.5. The summed E-state index contributed by atoms with van der Waals surface area (Å²) in [6, 6.07) is 0.887. The first-order valence-electron chi connectivity index (χ1n) is 6.75. The van der Waals surface area contributed by atoms with Crippen molar-refractivity contribution in [1.29, 1.82) is 0 Å². The van der Waals surface area contributed by atoms with Crippen molar-refractivity contribution < 1.29 is 8.42 Å². The predicted molar refractivity (Wildman–Crippen MR) is 69.9 cm³/mol. The fraction of sp³-hybridized carbons (Fsp3) is 1.00. The van der Waals surface area contributed by atoms with E-state index in [1.165, 1.54) is 25.8 Å². The van der Waals surface area contributed by atoms with Crippen LogP contribution in [0.1, 0.15) is 32.6 Å². The zero-order chi connectivity index (χ0) is 12.3. The van der Waals surface area contributed by atoms with Crippen molar-refractivity contribution in [2.75, 3.05) is 31.1 Å². The summed E-state index contributed by atoms with van der Waals surface area (Å²) >= 11 is 0. The molecular weight excluding hydrogens is 236 g/mol. The molecule has 2 fully saturated rings. The van der Waals surface area contributed by atoms with Crippen molar-refractivity contribution in [3.05, 3.63) is 0 Å². The van der Waals surface area contributed by atoms with Gasteiger partial charge in [0.05, 0.1) is 11.5 Å². The summed E-state index contributed by atoms with van der Waals surface area (Å²) in [5.41, 5.74) is 0. The topological polar surface area (TPSA) is 49.4 Å². The van der Waals surface area contributed by atoms with Crippen LogP contribution >= 0.6 is 0 Å². The van der Waals surface area contributed by atoms with E-state index in [2.05, 4.69) is 17.1 Å². The van der Waals surface area contributed by atoms with E-state index in [0.717, 1.165) is 19.5 Å². The van der Waals surface area contributed by atoms with Crippen LogP contribution in [-0.4, -0.2) is 56.5 Å². The van der Waals surface area contributed by atoms with E-state index in [4.69, 9.17) is 0 Å². The van der Waals surface area contributed by atoms with Crippen LogP contribution in [0.15, 0.2) is 0 Å². The van der Waals surface area contributed by atoms with Crippen LogP contribution in [-0.2, 0) is 9.84 Å². The second-order valence-electron chi connectivity index (χ2n) is 5.43.